The van der Waals surface area contributed by atoms with Gasteiger partial charge < -0.3 is 28.4 Å². The SMILES string of the molecule is CCOc1cc2c(cc1OCC)C(C)(C)CC1(CC(C)(C)c3cc(OCC)c(OCC)cc3O1)O2. The number of fused-ring (bicyclic) bond motifs is 2. The maximum Gasteiger partial charge on any atom is 0.252 e. The summed E-state index contributed by atoms with van der Waals surface area (Å²) in [6.45, 7) is 19.1. The number of hydrogen-bond donors (Lipinski definition) is 0. The third-order valence-electron chi connectivity index (χ3n) is 6.76. The summed E-state index contributed by atoms with van der Waals surface area (Å²) < 4.78 is 37.1. The van der Waals surface area contributed by atoms with Crippen LogP contribution < -0.4 is 28.4 Å². The lowest BCUT2D eigenvalue weighted by Gasteiger charge is -2.51. The molecule has 0 radical (unpaired) electrons. The molecule has 0 fully saturated rings. The molecule has 0 aromatic heterocycles. The van der Waals surface area contributed by atoms with Gasteiger partial charge in [-0.2, -0.15) is 0 Å². The highest BCUT2D eigenvalue weighted by atomic mass is 16.7. The smallest absolute Gasteiger partial charge is 0.252 e. The van der Waals surface area contributed by atoms with E-state index in [-0.39, 0.29) is 10.8 Å². The fourth-order valence-electron chi connectivity index (χ4n) is 5.55. The van der Waals surface area contributed by atoms with Gasteiger partial charge >= 0.3 is 0 Å². The number of rotatable bonds is 8. The summed E-state index contributed by atoms with van der Waals surface area (Å²) in [5.74, 6) is 3.63. The van der Waals surface area contributed by atoms with E-state index in [1.165, 1.54) is 0 Å². The van der Waals surface area contributed by atoms with Gasteiger partial charge in [-0.25, -0.2) is 0 Å². The second-order valence-electron chi connectivity index (χ2n) is 10.6. The van der Waals surface area contributed by atoms with Crippen molar-refractivity contribution in [3.8, 4) is 34.5 Å². The molecule has 4 rings (SSSR count). The number of benzene rings is 2. The third-order valence-corrected chi connectivity index (χ3v) is 6.76. The highest BCUT2D eigenvalue weighted by molar-refractivity contribution is 5.57. The Labute approximate surface area is 209 Å². The van der Waals surface area contributed by atoms with Crippen molar-refractivity contribution in [1.29, 1.82) is 0 Å². The van der Waals surface area contributed by atoms with Crippen LogP contribution in [0.3, 0.4) is 0 Å². The minimum Gasteiger partial charge on any atom is -0.490 e. The molecule has 0 N–H and O–H groups in total. The van der Waals surface area contributed by atoms with Crippen molar-refractivity contribution in [2.24, 2.45) is 0 Å². The highest BCUT2D eigenvalue weighted by Gasteiger charge is 2.53. The Morgan fingerprint density at radius 3 is 1.20 bits per heavy atom. The molecule has 2 aliphatic heterocycles. The summed E-state index contributed by atoms with van der Waals surface area (Å²) in [6, 6.07) is 8.06. The summed E-state index contributed by atoms with van der Waals surface area (Å²) in [7, 11) is 0. The Bertz CT molecular complexity index is 986. The van der Waals surface area contributed by atoms with E-state index >= 15 is 0 Å². The predicted octanol–water partition coefficient (Wildman–Crippen LogP) is 6.80. The zero-order chi connectivity index (χ0) is 25.4. The van der Waals surface area contributed by atoms with Gasteiger partial charge in [0, 0.05) is 46.9 Å². The zero-order valence-corrected chi connectivity index (χ0v) is 22.5. The van der Waals surface area contributed by atoms with Gasteiger partial charge in [-0.3, -0.25) is 0 Å². The monoisotopic (exact) mass is 484 g/mol. The van der Waals surface area contributed by atoms with E-state index < -0.39 is 5.79 Å². The Kier molecular flexibility index (Phi) is 6.78. The van der Waals surface area contributed by atoms with Gasteiger partial charge in [0.2, 0.25) is 0 Å². The van der Waals surface area contributed by atoms with E-state index in [2.05, 4.69) is 39.8 Å². The summed E-state index contributed by atoms with van der Waals surface area (Å²) >= 11 is 0. The topological polar surface area (TPSA) is 55.4 Å². The van der Waals surface area contributed by atoms with Crippen molar-refractivity contribution in [1.82, 2.24) is 0 Å². The van der Waals surface area contributed by atoms with Gasteiger partial charge in [0.15, 0.2) is 23.0 Å². The first-order chi connectivity index (χ1) is 16.6. The second-order valence-corrected chi connectivity index (χ2v) is 10.6. The van der Waals surface area contributed by atoms with Crippen LogP contribution in [0.1, 0.15) is 79.4 Å². The molecule has 0 atom stereocenters. The molecule has 0 saturated carbocycles. The molecule has 1 spiro atoms. The van der Waals surface area contributed by atoms with E-state index in [1.807, 2.05) is 39.8 Å². The normalized spacial score (nSPS) is 18.5. The van der Waals surface area contributed by atoms with Crippen molar-refractivity contribution >= 4 is 0 Å². The van der Waals surface area contributed by atoms with Crippen LogP contribution in [0, 0.1) is 0 Å². The first-order valence-corrected chi connectivity index (χ1v) is 12.8. The van der Waals surface area contributed by atoms with Gasteiger partial charge in [0.1, 0.15) is 11.5 Å². The first-order valence-electron chi connectivity index (χ1n) is 12.8. The largest absolute Gasteiger partial charge is 0.490 e. The van der Waals surface area contributed by atoms with Gasteiger partial charge in [0.05, 0.1) is 26.4 Å². The van der Waals surface area contributed by atoms with E-state index in [4.69, 9.17) is 28.4 Å². The molecule has 0 aliphatic carbocycles. The van der Waals surface area contributed by atoms with Crippen molar-refractivity contribution in [2.45, 2.75) is 84.8 Å². The van der Waals surface area contributed by atoms with Crippen LogP contribution in [-0.2, 0) is 10.8 Å². The van der Waals surface area contributed by atoms with Gasteiger partial charge in [-0.05, 0) is 39.8 Å². The Morgan fingerprint density at radius 2 is 0.886 bits per heavy atom. The highest BCUT2D eigenvalue weighted by Crippen LogP contribution is 2.56. The molecule has 192 valence electrons. The van der Waals surface area contributed by atoms with Crippen LogP contribution in [-0.4, -0.2) is 32.2 Å². The fourth-order valence-corrected chi connectivity index (χ4v) is 5.55. The zero-order valence-electron chi connectivity index (χ0n) is 22.5. The van der Waals surface area contributed by atoms with Crippen molar-refractivity contribution in [3.63, 3.8) is 0 Å². The first kappa shape index (κ1) is 25.3. The molecule has 6 nitrogen and oxygen atoms in total. The van der Waals surface area contributed by atoms with Crippen LogP contribution in [0.5, 0.6) is 34.5 Å². The van der Waals surface area contributed by atoms with Crippen molar-refractivity contribution in [3.05, 3.63) is 35.4 Å². The predicted molar refractivity (Wildman–Crippen MR) is 137 cm³/mol. The maximum atomic E-state index is 6.76. The Hall–Kier alpha value is -2.76. The molecule has 0 unspecified atom stereocenters. The van der Waals surface area contributed by atoms with Crippen LogP contribution >= 0.6 is 0 Å². The van der Waals surface area contributed by atoms with Crippen LogP contribution in [0.25, 0.3) is 0 Å². The minimum atomic E-state index is -0.819. The van der Waals surface area contributed by atoms with Crippen LogP contribution in [0.2, 0.25) is 0 Å². The summed E-state index contributed by atoms with van der Waals surface area (Å²) in [4.78, 5) is 0. The molecular weight excluding hydrogens is 444 g/mol. The summed E-state index contributed by atoms with van der Waals surface area (Å²) in [5, 5.41) is 0. The molecular formula is C29H40O6. The van der Waals surface area contributed by atoms with Gasteiger partial charge in [-0.15, -0.1) is 0 Å². The third kappa shape index (κ3) is 4.72. The average molecular weight is 485 g/mol. The van der Waals surface area contributed by atoms with Crippen molar-refractivity contribution in [2.75, 3.05) is 26.4 Å². The van der Waals surface area contributed by atoms with E-state index in [9.17, 15) is 0 Å². The number of hydrogen-bond acceptors (Lipinski definition) is 6. The lowest BCUT2D eigenvalue weighted by molar-refractivity contribution is -0.166. The molecule has 2 aromatic carbocycles. The fraction of sp³-hybridized carbons (Fsp3) is 0.586. The van der Waals surface area contributed by atoms with Crippen molar-refractivity contribution < 1.29 is 28.4 Å². The molecule has 35 heavy (non-hydrogen) atoms. The molecule has 2 aromatic rings. The van der Waals surface area contributed by atoms with E-state index in [1.54, 1.807) is 0 Å². The lowest BCUT2D eigenvalue weighted by atomic mass is 9.69. The maximum absolute atomic E-state index is 6.76. The molecule has 6 heteroatoms. The van der Waals surface area contributed by atoms with E-state index in [0.29, 0.717) is 50.8 Å². The Balaban J connectivity index is 1.79. The van der Waals surface area contributed by atoms with Gasteiger partial charge in [0.25, 0.3) is 5.79 Å². The summed E-state index contributed by atoms with van der Waals surface area (Å²) in [6.07, 6.45) is 1.40. The molecule has 0 bridgehead atoms. The standard InChI is InChI=1S/C29H40O6/c1-9-30-23-13-19-21(15-25(23)32-11-3)34-29(17-27(19,5)6)18-28(7,8)20-14-24(31-10-2)26(33-12-4)16-22(20)35-29/h13-16H,9-12,17-18H2,1-8H3. The Morgan fingerprint density at radius 1 is 0.571 bits per heavy atom. The molecule has 0 amide bonds. The number of ether oxygens (including phenoxy) is 6. The van der Waals surface area contributed by atoms with Crippen LogP contribution in [0.4, 0.5) is 0 Å². The van der Waals surface area contributed by atoms with Crippen LogP contribution in [0.15, 0.2) is 24.3 Å². The minimum absolute atomic E-state index is 0.203. The summed E-state index contributed by atoms with van der Waals surface area (Å²) in [5.41, 5.74) is 1.80. The second kappa shape index (κ2) is 9.36. The molecule has 2 heterocycles. The quantitative estimate of drug-likeness (QED) is 0.411. The molecule has 0 saturated heterocycles. The molecule has 2 aliphatic rings. The van der Waals surface area contributed by atoms with E-state index in [0.717, 1.165) is 34.1 Å². The lowest BCUT2D eigenvalue weighted by Crippen LogP contribution is -2.55. The average Bonchev–Trinajstić information content (AvgIpc) is 2.75. The van der Waals surface area contributed by atoms with Gasteiger partial charge in [-0.1, -0.05) is 27.7 Å².